The van der Waals surface area contributed by atoms with E-state index in [2.05, 4.69) is 26.6 Å². The first-order valence-corrected chi connectivity index (χ1v) is 10.3. The van der Waals surface area contributed by atoms with Crippen molar-refractivity contribution in [2.45, 2.75) is 45.8 Å². The minimum atomic E-state index is -0.626. The van der Waals surface area contributed by atoms with Crippen LogP contribution in [0.3, 0.4) is 0 Å². The van der Waals surface area contributed by atoms with Gasteiger partial charge in [-0.1, -0.05) is 18.2 Å². The number of hydrogen-bond donors (Lipinski definition) is 2. The Morgan fingerprint density at radius 2 is 1.79 bits per heavy atom. The average molecular weight is 445 g/mol. The minimum Gasteiger partial charge on any atom is -0.480 e. The van der Waals surface area contributed by atoms with Crippen molar-refractivity contribution in [1.82, 2.24) is 5.32 Å². The van der Waals surface area contributed by atoms with Gasteiger partial charge >= 0.3 is 0 Å². The lowest BCUT2D eigenvalue weighted by Gasteiger charge is -2.20. The summed E-state index contributed by atoms with van der Waals surface area (Å²) in [4.78, 5) is 24.3. The van der Waals surface area contributed by atoms with Crippen LogP contribution in [0.25, 0.3) is 0 Å². The Balaban J connectivity index is 1.54. The van der Waals surface area contributed by atoms with Crippen molar-refractivity contribution in [1.29, 1.82) is 0 Å². The molecule has 3 rings (SSSR count). The predicted octanol–water partition coefficient (Wildman–Crippen LogP) is 4.75. The van der Waals surface area contributed by atoms with E-state index in [1.807, 2.05) is 56.3 Å². The van der Waals surface area contributed by atoms with Crippen molar-refractivity contribution >= 4 is 33.4 Å². The van der Waals surface area contributed by atoms with Crippen molar-refractivity contribution in [2.24, 2.45) is 5.92 Å². The van der Waals surface area contributed by atoms with E-state index in [9.17, 15) is 9.59 Å². The van der Waals surface area contributed by atoms with Gasteiger partial charge in [-0.05, 0) is 84.9 Å². The molecule has 0 bridgehead atoms. The van der Waals surface area contributed by atoms with E-state index in [-0.39, 0.29) is 23.8 Å². The summed E-state index contributed by atoms with van der Waals surface area (Å²) in [6.45, 7) is 5.64. The highest BCUT2D eigenvalue weighted by Gasteiger charge is 2.29. The molecule has 0 aliphatic heterocycles. The van der Waals surface area contributed by atoms with Crippen molar-refractivity contribution in [3.05, 3.63) is 58.1 Å². The van der Waals surface area contributed by atoms with Gasteiger partial charge in [0.05, 0.1) is 10.5 Å². The molecule has 2 amide bonds. The van der Waals surface area contributed by atoms with Crippen LogP contribution in [-0.4, -0.2) is 17.9 Å². The van der Waals surface area contributed by atoms with E-state index in [1.54, 1.807) is 6.92 Å². The number of halogens is 1. The largest absolute Gasteiger partial charge is 0.480 e. The topological polar surface area (TPSA) is 67.4 Å². The first kappa shape index (κ1) is 20.4. The smallest absolute Gasteiger partial charge is 0.261 e. The van der Waals surface area contributed by atoms with Crippen LogP contribution in [0.5, 0.6) is 5.75 Å². The predicted molar refractivity (Wildman–Crippen MR) is 113 cm³/mol. The molecular weight excluding hydrogens is 420 g/mol. The Hall–Kier alpha value is -2.34. The molecule has 6 heteroatoms. The van der Waals surface area contributed by atoms with Gasteiger partial charge in [0, 0.05) is 11.6 Å². The van der Waals surface area contributed by atoms with E-state index in [0.717, 1.165) is 34.1 Å². The summed E-state index contributed by atoms with van der Waals surface area (Å²) in [5, 5.41) is 5.88. The highest BCUT2D eigenvalue weighted by atomic mass is 79.9. The monoisotopic (exact) mass is 444 g/mol. The molecule has 2 unspecified atom stereocenters. The molecule has 2 aromatic rings. The zero-order chi connectivity index (χ0) is 20.3. The number of carbonyl (C=O) groups excluding carboxylic acids is 2. The van der Waals surface area contributed by atoms with Crippen molar-refractivity contribution in [2.75, 3.05) is 5.32 Å². The minimum absolute atomic E-state index is 0.0855. The Morgan fingerprint density at radius 1 is 1.11 bits per heavy atom. The number of carbonyl (C=O) groups is 2. The first-order chi connectivity index (χ1) is 13.3. The molecule has 1 saturated carbocycles. The van der Waals surface area contributed by atoms with Crippen LogP contribution >= 0.6 is 15.9 Å². The molecule has 28 heavy (non-hydrogen) atoms. The van der Waals surface area contributed by atoms with Gasteiger partial charge in [0.25, 0.3) is 5.91 Å². The fraction of sp³-hybridized carbons (Fsp3) is 0.364. The molecule has 2 atom stereocenters. The van der Waals surface area contributed by atoms with Crippen LogP contribution in [0.4, 0.5) is 5.69 Å². The summed E-state index contributed by atoms with van der Waals surface area (Å²) in [6, 6.07) is 13.1. The second-order valence-corrected chi connectivity index (χ2v) is 8.16. The summed E-state index contributed by atoms with van der Waals surface area (Å²) in [6.07, 6.45) is 1.33. The quantitative estimate of drug-likeness (QED) is 0.647. The third-order valence-corrected chi connectivity index (χ3v) is 5.37. The zero-order valence-corrected chi connectivity index (χ0v) is 17.9. The molecule has 0 spiro atoms. The summed E-state index contributed by atoms with van der Waals surface area (Å²) < 4.78 is 6.61. The van der Waals surface area contributed by atoms with Crippen molar-refractivity contribution in [3.63, 3.8) is 0 Å². The van der Waals surface area contributed by atoms with E-state index in [0.29, 0.717) is 5.75 Å². The maximum atomic E-state index is 12.5. The number of amides is 2. The van der Waals surface area contributed by atoms with E-state index in [1.165, 1.54) is 0 Å². The first-order valence-electron chi connectivity index (χ1n) is 9.47. The second kappa shape index (κ2) is 8.78. The number of hydrogen-bond acceptors (Lipinski definition) is 3. The fourth-order valence-electron chi connectivity index (χ4n) is 2.80. The third kappa shape index (κ3) is 5.35. The summed E-state index contributed by atoms with van der Waals surface area (Å²) in [7, 11) is 0. The van der Waals surface area contributed by atoms with Crippen LogP contribution in [0.15, 0.2) is 46.9 Å². The standard InChI is InChI=1S/C22H25BrN2O3/c1-13-4-11-20(19(23)12-13)28-15(3)21(26)24-14(2)16-7-9-18(10-8-16)25-22(27)17-5-6-17/h4,7-12,14-15,17H,5-6H2,1-3H3,(H,24,26)(H,25,27). The summed E-state index contributed by atoms with van der Waals surface area (Å²) >= 11 is 3.46. The van der Waals surface area contributed by atoms with Gasteiger partial charge in [-0.15, -0.1) is 0 Å². The molecule has 0 radical (unpaired) electrons. The number of ether oxygens (including phenoxy) is 1. The van der Waals surface area contributed by atoms with E-state index >= 15 is 0 Å². The van der Waals surface area contributed by atoms with Gasteiger partial charge in [0.15, 0.2) is 6.10 Å². The van der Waals surface area contributed by atoms with E-state index < -0.39 is 6.10 Å². The number of aryl methyl sites for hydroxylation is 1. The number of nitrogens with one attached hydrogen (secondary N) is 2. The van der Waals surface area contributed by atoms with Gasteiger partial charge in [0.2, 0.25) is 5.91 Å². The molecule has 2 aromatic carbocycles. The maximum absolute atomic E-state index is 12.5. The molecule has 2 N–H and O–H groups in total. The zero-order valence-electron chi connectivity index (χ0n) is 16.3. The van der Waals surface area contributed by atoms with Crippen LogP contribution in [0.2, 0.25) is 0 Å². The lowest BCUT2D eigenvalue weighted by atomic mass is 10.1. The average Bonchev–Trinajstić information content (AvgIpc) is 3.49. The summed E-state index contributed by atoms with van der Waals surface area (Å²) in [5.41, 5.74) is 2.85. The molecule has 5 nitrogen and oxygen atoms in total. The maximum Gasteiger partial charge on any atom is 0.261 e. The fourth-order valence-corrected chi connectivity index (χ4v) is 3.39. The van der Waals surface area contributed by atoms with Gasteiger partial charge in [-0.3, -0.25) is 9.59 Å². The molecule has 0 aromatic heterocycles. The Morgan fingerprint density at radius 3 is 2.39 bits per heavy atom. The number of benzene rings is 2. The van der Waals surface area contributed by atoms with Gasteiger partial charge in [-0.2, -0.15) is 0 Å². The van der Waals surface area contributed by atoms with E-state index in [4.69, 9.17) is 4.74 Å². The Bertz CT molecular complexity index is 863. The molecule has 0 heterocycles. The highest BCUT2D eigenvalue weighted by molar-refractivity contribution is 9.10. The number of rotatable bonds is 7. The number of anilines is 1. The van der Waals surface area contributed by atoms with Crippen molar-refractivity contribution < 1.29 is 14.3 Å². The van der Waals surface area contributed by atoms with Crippen LogP contribution in [-0.2, 0) is 9.59 Å². The molecule has 1 aliphatic carbocycles. The Labute approximate surface area is 174 Å². The normalized spacial score (nSPS) is 15.4. The second-order valence-electron chi connectivity index (χ2n) is 7.31. The van der Waals surface area contributed by atoms with Crippen LogP contribution < -0.4 is 15.4 Å². The van der Waals surface area contributed by atoms with Crippen LogP contribution in [0, 0.1) is 12.8 Å². The summed E-state index contributed by atoms with van der Waals surface area (Å²) in [5.74, 6) is 0.707. The SMILES string of the molecule is Cc1ccc(OC(C)C(=O)NC(C)c2ccc(NC(=O)C3CC3)cc2)c(Br)c1. The molecule has 148 valence electrons. The molecular formula is C22H25BrN2O3. The molecule has 1 fully saturated rings. The van der Waals surface area contributed by atoms with Gasteiger partial charge in [0.1, 0.15) is 5.75 Å². The molecule has 1 aliphatic rings. The lowest BCUT2D eigenvalue weighted by Crippen LogP contribution is -2.37. The van der Waals surface area contributed by atoms with Gasteiger partial charge < -0.3 is 15.4 Å². The lowest BCUT2D eigenvalue weighted by molar-refractivity contribution is -0.128. The Kier molecular flexibility index (Phi) is 6.39. The highest BCUT2D eigenvalue weighted by Crippen LogP contribution is 2.30. The molecule has 0 saturated heterocycles. The van der Waals surface area contributed by atoms with Crippen molar-refractivity contribution in [3.8, 4) is 5.75 Å². The third-order valence-electron chi connectivity index (χ3n) is 4.75. The van der Waals surface area contributed by atoms with Gasteiger partial charge in [-0.25, -0.2) is 0 Å². The van der Waals surface area contributed by atoms with Crippen LogP contribution in [0.1, 0.15) is 43.9 Å².